The van der Waals surface area contributed by atoms with Gasteiger partial charge in [0.15, 0.2) is 0 Å². The third kappa shape index (κ3) is 2.34. The number of fused-ring (bicyclic) bond motifs is 4. The zero-order valence-corrected chi connectivity index (χ0v) is 13.9. The molecule has 0 saturated heterocycles. The van der Waals surface area contributed by atoms with Crippen LogP contribution in [0.3, 0.4) is 0 Å². The number of hydrogen-bond acceptors (Lipinski definition) is 4. The van der Waals surface area contributed by atoms with E-state index >= 15 is 0 Å². The van der Waals surface area contributed by atoms with Crippen molar-refractivity contribution in [3.8, 4) is 17.5 Å². The number of hydrogen-bond donors (Lipinski definition) is 1. The molecule has 4 rings (SSSR count). The first-order chi connectivity index (χ1) is 12.1. The van der Waals surface area contributed by atoms with Crippen LogP contribution in [-0.2, 0) is 12.1 Å². The fraction of sp³-hybridized carbons (Fsp3) is 0.250. The van der Waals surface area contributed by atoms with E-state index in [0.717, 1.165) is 22.2 Å². The molecule has 124 valence electrons. The van der Waals surface area contributed by atoms with Crippen LogP contribution >= 0.6 is 0 Å². The van der Waals surface area contributed by atoms with E-state index in [0.29, 0.717) is 24.2 Å². The van der Waals surface area contributed by atoms with Crippen molar-refractivity contribution in [1.82, 2.24) is 9.55 Å². The van der Waals surface area contributed by atoms with Gasteiger partial charge in [0.05, 0.1) is 35.9 Å². The number of aromatic nitrogens is 2. The smallest absolute Gasteiger partial charge is 0.251 e. The van der Waals surface area contributed by atoms with Crippen LogP contribution in [0.1, 0.15) is 30.9 Å². The van der Waals surface area contributed by atoms with Gasteiger partial charge in [-0.2, -0.15) is 5.26 Å². The number of para-hydroxylation sites is 1. The number of benzene rings is 1. The van der Waals surface area contributed by atoms with Crippen LogP contribution in [0.5, 0.6) is 0 Å². The van der Waals surface area contributed by atoms with Crippen molar-refractivity contribution in [3.05, 3.63) is 63.9 Å². The second-order valence-corrected chi connectivity index (χ2v) is 6.46. The summed E-state index contributed by atoms with van der Waals surface area (Å²) < 4.78 is 1.67. The first kappa shape index (κ1) is 15.6. The molecule has 3 heterocycles. The summed E-state index contributed by atoms with van der Waals surface area (Å²) in [6.45, 7) is 2.28. The largest absolute Gasteiger partial charge is 0.384 e. The maximum atomic E-state index is 12.6. The van der Waals surface area contributed by atoms with Gasteiger partial charge in [0, 0.05) is 17.0 Å². The average molecular weight is 331 g/mol. The van der Waals surface area contributed by atoms with E-state index < -0.39 is 5.60 Å². The van der Waals surface area contributed by atoms with Gasteiger partial charge in [-0.15, -0.1) is 0 Å². The number of nitrogens with zero attached hydrogens (tertiary/aromatic N) is 3. The molecule has 1 atom stereocenters. The summed E-state index contributed by atoms with van der Waals surface area (Å²) in [6, 6.07) is 15.2. The first-order valence-corrected chi connectivity index (χ1v) is 8.29. The normalized spacial score (nSPS) is 14.6. The van der Waals surface area contributed by atoms with Gasteiger partial charge in [-0.25, -0.2) is 4.98 Å². The monoisotopic (exact) mass is 331 g/mol. The molecule has 2 aromatic heterocycles. The minimum Gasteiger partial charge on any atom is -0.384 e. The maximum Gasteiger partial charge on any atom is 0.251 e. The molecule has 3 aromatic rings. The molecule has 0 radical (unpaired) electrons. The molecule has 25 heavy (non-hydrogen) atoms. The van der Waals surface area contributed by atoms with Crippen molar-refractivity contribution < 1.29 is 5.11 Å². The van der Waals surface area contributed by atoms with E-state index in [1.807, 2.05) is 37.3 Å². The maximum absolute atomic E-state index is 12.6. The Morgan fingerprint density at radius 3 is 2.88 bits per heavy atom. The summed E-state index contributed by atoms with van der Waals surface area (Å²) in [7, 11) is 0. The Morgan fingerprint density at radius 2 is 2.12 bits per heavy atom. The van der Waals surface area contributed by atoms with Crippen LogP contribution < -0.4 is 5.56 Å². The van der Waals surface area contributed by atoms with Crippen LogP contribution in [0.2, 0.25) is 0 Å². The third-order valence-corrected chi connectivity index (χ3v) is 5.00. The van der Waals surface area contributed by atoms with Crippen LogP contribution in [-0.4, -0.2) is 14.7 Å². The lowest BCUT2D eigenvalue weighted by Gasteiger charge is -2.24. The average Bonchev–Trinajstić information content (AvgIpc) is 2.98. The quantitative estimate of drug-likeness (QED) is 0.626. The van der Waals surface area contributed by atoms with Gasteiger partial charge in [-0.05, 0) is 30.2 Å². The summed E-state index contributed by atoms with van der Waals surface area (Å²) in [5.74, 6) is 0. The second-order valence-electron chi connectivity index (χ2n) is 6.46. The molecule has 0 aliphatic carbocycles. The summed E-state index contributed by atoms with van der Waals surface area (Å²) in [6.07, 6.45) is 0.311. The molecule has 1 aromatic carbocycles. The van der Waals surface area contributed by atoms with Gasteiger partial charge >= 0.3 is 0 Å². The van der Waals surface area contributed by atoms with Crippen LogP contribution in [0.15, 0.2) is 47.3 Å². The lowest BCUT2D eigenvalue weighted by Crippen LogP contribution is -2.28. The van der Waals surface area contributed by atoms with E-state index in [9.17, 15) is 9.90 Å². The number of pyridine rings is 2. The minimum absolute atomic E-state index is 0.0512. The summed E-state index contributed by atoms with van der Waals surface area (Å²) in [5.41, 5.74) is 2.32. The molecule has 0 spiro atoms. The molecule has 1 N–H and O–H groups in total. The minimum atomic E-state index is -1.32. The van der Waals surface area contributed by atoms with Gasteiger partial charge in [0.25, 0.3) is 5.56 Å². The van der Waals surface area contributed by atoms with Gasteiger partial charge < -0.3 is 9.67 Å². The predicted octanol–water partition coefficient (Wildman–Crippen LogP) is 2.94. The summed E-state index contributed by atoms with van der Waals surface area (Å²) in [5, 5.41) is 20.8. The van der Waals surface area contributed by atoms with E-state index in [1.165, 1.54) is 6.07 Å². The lowest BCUT2D eigenvalue weighted by atomic mass is 9.88. The van der Waals surface area contributed by atoms with E-state index in [-0.39, 0.29) is 12.0 Å². The van der Waals surface area contributed by atoms with Crippen molar-refractivity contribution in [2.45, 2.75) is 31.9 Å². The van der Waals surface area contributed by atoms with Gasteiger partial charge in [-0.3, -0.25) is 4.79 Å². The summed E-state index contributed by atoms with van der Waals surface area (Å²) >= 11 is 0. The van der Waals surface area contributed by atoms with Gasteiger partial charge in [-0.1, -0.05) is 25.1 Å². The zero-order valence-electron chi connectivity index (χ0n) is 13.9. The van der Waals surface area contributed by atoms with E-state index in [2.05, 4.69) is 6.07 Å². The Kier molecular flexibility index (Phi) is 3.45. The molecule has 0 bridgehead atoms. The number of aliphatic hydroxyl groups is 1. The van der Waals surface area contributed by atoms with Gasteiger partial charge in [0.2, 0.25) is 0 Å². The van der Waals surface area contributed by atoms with E-state index in [4.69, 9.17) is 10.2 Å². The molecule has 1 aliphatic heterocycles. The summed E-state index contributed by atoms with van der Waals surface area (Å²) in [4.78, 5) is 17.3. The van der Waals surface area contributed by atoms with Gasteiger partial charge in [0.1, 0.15) is 5.60 Å². The van der Waals surface area contributed by atoms with Crippen molar-refractivity contribution in [1.29, 1.82) is 5.26 Å². The molecular formula is C20H17N3O2. The Bertz CT molecular complexity index is 1090. The zero-order chi connectivity index (χ0) is 17.6. The molecule has 1 aliphatic rings. The highest BCUT2D eigenvalue weighted by Gasteiger charge is 2.31. The third-order valence-electron chi connectivity index (χ3n) is 5.00. The predicted molar refractivity (Wildman–Crippen MR) is 95.0 cm³/mol. The Labute approximate surface area is 144 Å². The second kappa shape index (κ2) is 5.54. The van der Waals surface area contributed by atoms with Crippen molar-refractivity contribution in [2.24, 2.45) is 0 Å². The molecule has 0 saturated carbocycles. The Hall–Kier alpha value is -2.97. The molecule has 5 heteroatoms. The topological polar surface area (TPSA) is 78.9 Å². The lowest BCUT2D eigenvalue weighted by molar-refractivity contribution is 0.0371. The van der Waals surface area contributed by atoms with Crippen LogP contribution in [0, 0.1) is 11.3 Å². The number of rotatable bonds is 3. The molecule has 5 nitrogen and oxygen atoms in total. The first-order valence-electron chi connectivity index (χ1n) is 8.29. The van der Waals surface area contributed by atoms with Crippen molar-refractivity contribution in [3.63, 3.8) is 0 Å². The fourth-order valence-corrected chi connectivity index (χ4v) is 3.46. The van der Waals surface area contributed by atoms with Crippen LogP contribution in [0.4, 0.5) is 0 Å². The van der Waals surface area contributed by atoms with Crippen molar-refractivity contribution >= 4 is 10.9 Å². The van der Waals surface area contributed by atoms with Crippen molar-refractivity contribution in [2.75, 3.05) is 0 Å². The SMILES string of the molecule is CCC(O)(CC#N)c1cc2n(c(=O)c1)Cc1cc3ccccc3nc1-2. The molecule has 1 unspecified atom stereocenters. The molecule has 0 amide bonds. The number of nitriles is 1. The Balaban J connectivity index is 1.94. The highest BCUT2D eigenvalue weighted by molar-refractivity contribution is 5.83. The molecule has 0 fully saturated rings. The van der Waals surface area contributed by atoms with Crippen LogP contribution in [0.25, 0.3) is 22.3 Å². The highest BCUT2D eigenvalue weighted by atomic mass is 16.3. The standard InChI is InChI=1S/C20H17N3O2/c1-2-20(25,7-8-21)15-10-17-19-14(12-23(17)18(24)11-15)9-13-5-3-4-6-16(13)22-19/h3-6,9-11,25H,2,7,12H2,1H3. The molecular weight excluding hydrogens is 314 g/mol. The Morgan fingerprint density at radius 1 is 1.32 bits per heavy atom. The highest BCUT2D eigenvalue weighted by Crippen LogP contribution is 2.35. The van der Waals surface area contributed by atoms with E-state index in [1.54, 1.807) is 10.6 Å². The fourth-order valence-electron chi connectivity index (χ4n) is 3.46.